The van der Waals surface area contributed by atoms with Gasteiger partial charge in [-0.05, 0) is 62.3 Å². The molecule has 0 amide bonds. The van der Waals surface area contributed by atoms with Crippen LogP contribution in [0.3, 0.4) is 0 Å². The van der Waals surface area contributed by atoms with Gasteiger partial charge in [0.05, 0.1) is 6.61 Å². The van der Waals surface area contributed by atoms with Crippen LogP contribution in [0.2, 0.25) is 6.82 Å². The minimum Gasteiger partial charge on any atom is -0.404 e. The number of ketones is 3. The van der Waals surface area contributed by atoms with Crippen molar-refractivity contribution in [3.8, 4) is 0 Å². The fraction of sp³-hybridized carbons (Fsp3) is 0.773. The first kappa shape index (κ1) is 18.7. The summed E-state index contributed by atoms with van der Waals surface area (Å²) >= 11 is 0. The molecule has 0 aromatic heterocycles. The molecule has 6 atom stereocenters. The molecule has 4 aliphatic carbocycles. The first-order valence-corrected chi connectivity index (χ1v) is 10.8. The molecule has 150 valence electrons. The minimum atomic E-state index is -0.879. The van der Waals surface area contributed by atoms with Crippen molar-refractivity contribution in [2.24, 2.45) is 28.6 Å². The summed E-state index contributed by atoms with van der Waals surface area (Å²) in [6, 6.07) is 0. The van der Waals surface area contributed by atoms with Gasteiger partial charge >= 0.3 is 7.12 Å². The molecule has 6 heteroatoms. The third-order valence-electron chi connectivity index (χ3n) is 9.04. The van der Waals surface area contributed by atoms with Crippen molar-refractivity contribution < 1.29 is 23.7 Å². The van der Waals surface area contributed by atoms with Crippen LogP contribution < -0.4 is 0 Å². The Hall–Kier alpha value is -1.27. The molecule has 1 aliphatic heterocycles. The normalized spacial score (nSPS) is 48.2. The lowest BCUT2D eigenvalue weighted by molar-refractivity contribution is -0.173. The molecule has 1 saturated heterocycles. The maximum atomic E-state index is 13.6. The molecular formula is C22H29BO5. The summed E-state index contributed by atoms with van der Waals surface area (Å²) in [4.78, 5) is 38.6. The lowest BCUT2D eigenvalue weighted by Crippen LogP contribution is -2.64. The van der Waals surface area contributed by atoms with Crippen molar-refractivity contribution in [3.05, 3.63) is 11.6 Å². The number of carbonyl (C=O) groups is 3. The van der Waals surface area contributed by atoms with Crippen LogP contribution in [0.5, 0.6) is 0 Å². The van der Waals surface area contributed by atoms with Crippen LogP contribution in [-0.2, 0) is 23.7 Å². The Morgan fingerprint density at radius 2 is 1.89 bits per heavy atom. The van der Waals surface area contributed by atoms with E-state index >= 15 is 0 Å². The highest BCUT2D eigenvalue weighted by atomic mass is 16.6. The number of hydrogen-bond acceptors (Lipinski definition) is 5. The molecule has 3 saturated carbocycles. The highest BCUT2D eigenvalue weighted by Gasteiger charge is 2.70. The van der Waals surface area contributed by atoms with Crippen LogP contribution >= 0.6 is 0 Å². The Bertz CT molecular complexity index is 805. The standard InChI is InChI=1S/C22H29BO5/c1-20-8-6-14(24)10-13(20)4-5-15-16-7-9-22(18(26)12-27-23(3)28-22)21(16,2)11-17(25)19(15)20/h10,15-16,19H,4-9,11-12H2,1-3H3/t15-,16-,19+,20-,21-,22-/m0/s1. The van der Waals surface area contributed by atoms with E-state index in [1.165, 1.54) is 5.57 Å². The first-order valence-electron chi connectivity index (χ1n) is 10.8. The molecule has 4 fully saturated rings. The number of fused-ring (bicyclic) bond motifs is 6. The van der Waals surface area contributed by atoms with Gasteiger partial charge < -0.3 is 9.31 Å². The highest BCUT2D eigenvalue weighted by Crippen LogP contribution is 2.67. The van der Waals surface area contributed by atoms with Gasteiger partial charge in [0.2, 0.25) is 0 Å². The second-order valence-electron chi connectivity index (χ2n) is 10.2. The van der Waals surface area contributed by atoms with Crippen LogP contribution in [0.1, 0.15) is 58.8 Å². The van der Waals surface area contributed by atoms with Gasteiger partial charge in [-0.3, -0.25) is 14.4 Å². The van der Waals surface area contributed by atoms with Gasteiger partial charge in [0.25, 0.3) is 0 Å². The lowest BCUT2D eigenvalue weighted by Gasteiger charge is -2.59. The third kappa shape index (κ3) is 2.19. The second-order valence-corrected chi connectivity index (χ2v) is 10.2. The van der Waals surface area contributed by atoms with E-state index in [1.54, 1.807) is 0 Å². The molecule has 0 radical (unpaired) electrons. The van der Waals surface area contributed by atoms with Gasteiger partial charge in [0, 0.05) is 24.2 Å². The van der Waals surface area contributed by atoms with Gasteiger partial charge in [-0.2, -0.15) is 0 Å². The van der Waals surface area contributed by atoms with Crippen molar-refractivity contribution in [2.75, 3.05) is 6.61 Å². The molecular weight excluding hydrogens is 355 g/mol. The van der Waals surface area contributed by atoms with Crippen molar-refractivity contribution in [2.45, 2.75) is 71.2 Å². The minimum absolute atomic E-state index is 0.00715. The van der Waals surface area contributed by atoms with E-state index in [9.17, 15) is 14.4 Å². The van der Waals surface area contributed by atoms with E-state index in [2.05, 4.69) is 13.8 Å². The number of carbonyl (C=O) groups excluding carboxylic acids is 3. The summed E-state index contributed by atoms with van der Waals surface area (Å²) in [6.45, 7) is 6.24. The predicted molar refractivity (Wildman–Crippen MR) is 103 cm³/mol. The summed E-state index contributed by atoms with van der Waals surface area (Å²) in [5, 5.41) is 0. The monoisotopic (exact) mass is 384 g/mol. The maximum Gasteiger partial charge on any atom is 0.454 e. The van der Waals surface area contributed by atoms with Crippen LogP contribution in [0, 0.1) is 28.6 Å². The molecule has 0 aromatic rings. The summed E-state index contributed by atoms with van der Waals surface area (Å²) in [5.41, 5.74) is -0.349. The zero-order valence-electron chi connectivity index (χ0n) is 17.1. The van der Waals surface area contributed by atoms with Crippen molar-refractivity contribution in [3.63, 3.8) is 0 Å². The fourth-order valence-electron chi connectivity index (χ4n) is 7.72. The average molecular weight is 384 g/mol. The molecule has 0 N–H and O–H groups in total. The topological polar surface area (TPSA) is 69.7 Å². The maximum absolute atomic E-state index is 13.6. The van der Waals surface area contributed by atoms with E-state index in [-0.39, 0.29) is 41.2 Å². The summed E-state index contributed by atoms with van der Waals surface area (Å²) < 4.78 is 11.6. The van der Waals surface area contributed by atoms with Crippen LogP contribution in [0.4, 0.5) is 0 Å². The molecule has 1 spiro atoms. The van der Waals surface area contributed by atoms with E-state index in [0.29, 0.717) is 25.2 Å². The Morgan fingerprint density at radius 1 is 1.11 bits per heavy atom. The zero-order valence-corrected chi connectivity index (χ0v) is 17.1. The lowest BCUT2D eigenvalue weighted by atomic mass is 9.45. The summed E-state index contributed by atoms with van der Waals surface area (Å²) in [7, 11) is -0.413. The third-order valence-corrected chi connectivity index (χ3v) is 9.04. The van der Waals surface area contributed by atoms with Crippen molar-refractivity contribution in [1.82, 2.24) is 0 Å². The van der Waals surface area contributed by atoms with Crippen molar-refractivity contribution >= 4 is 24.5 Å². The predicted octanol–water partition coefficient (Wildman–Crippen LogP) is 3.17. The Kier molecular flexibility index (Phi) is 3.94. The largest absolute Gasteiger partial charge is 0.454 e. The quantitative estimate of drug-likeness (QED) is 0.600. The van der Waals surface area contributed by atoms with Gasteiger partial charge in [-0.25, -0.2) is 0 Å². The Balaban J connectivity index is 1.55. The van der Waals surface area contributed by atoms with Gasteiger partial charge in [-0.15, -0.1) is 0 Å². The van der Waals surface area contributed by atoms with Crippen LogP contribution in [0.15, 0.2) is 11.6 Å². The van der Waals surface area contributed by atoms with Gasteiger partial charge in [-0.1, -0.05) is 19.4 Å². The van der Waals surface area contributed by atoms with Crippen LogP contribution in [0.25, 0.3) is 0 Å². The second kappa shape index (κ2) is 5.88. The highest BCUT2D eigenvalue weighted by molar-refractivity contribution is 6.44. The Labute approximate surface area is 166 Å². The number of allylic oxidation sites excluding steroid dienone is 1. The summed E-state index contributed by atoms with van der Waals surface area (Å²) in [6.07, 6.45) is 6.98. The van der Waals surface area contributed by atoms with E-state index < -0.39 is 18.1 Å². The molecule has 5 aliphatic rings. The SMILES string of the molecule is CB1OCC(=O)[C@]2(CC[C@H]3[C@@H]4CCC5=CC(=O)CC[C@]5(C)[C@H]4C(=O)C[C@@]32C)O1. The first-order chi connectivity index (χ1) is 13.2. The molecule has 5 nitrogen and oxygen atoms in total. The summed E-state index contributed by atoms with van der Waals surface area (Å²) in [5.74, 6) is 1.03. The molecule has 0 aromatic carbocycles. The van der Waals surface area contributed by atoms with Gasteiger partial charge in [0.1, 0.15) is 11.4 Å². The number of rotatable bonds is 0. The average Bonchev–Trinajstić information content (AvgIpc) is 2.91. The molecule has 28 heavy (non-hydrogen) atoms. The van der Waals surface area contributed by atoms with Crippen molar-refractivity contribution in [1.29, 1.82) is 0 Å². The number of hydrogen-bond donors (Lipinski definition) is 0. The van der Waals surface area contributed by atoms with E-state index in [4.69, 9.17) is 9.31 Å². The zero-order chi connectivity index (χ0) is 19.9. The van der Waals surface area contributed by atoms with E-state index in [0.717, 1.165) is 25.7 Å². The smallest absolute Gasteiger partial charge is 0.404 e. The molecule has 1 heterocycles. The van der Waals surface area contributed by atoms with E-state index in [1.807, 2.05) is 12.9 Å². The number of Topliss-reactive ketones (excluding diaryl/α,β-unsaturated/α-hetero) is 2. The van der Waals surface area contributed by atoms with Gasteiger partial charge in [0.15, 0.2) is 11.6 Å². The molecule has 5 rings (SSSR count). The molecule has 0 bridgehead atoms. The van der Waals surface area contributed by atoms with Crippen LogP contribution in [-0.4, -0.2) is 36.7 Å². The fourth-order valence-corrected chi connectivity index (χ4v) is 7.72. The molecule has 0 unspecified atom stereocenters. The Morgan fingerprint density at radius 3 is 2.68 bits per heavy atom.